The lowest BCUT2D eigenvalue weighted by Crippen LogP contribution is -1.92. The van der Waals surface area contributed by atoms with Gasteiger partial charge < -0.3 is 5.73 Å². The largest absolute Gasteiger partial charge is 0.396 e. The van der Waals surface area contributed by atoms with Crippen LogP contribution in [0.1, 0.15) is 0 Å². The van der Waals surface area contributed by atoms with Gasteiger partial charge in [-0.15, -0.1) is 0 Å². The maximum absolute atomic E-state index is 13.6. The number of hydrogen-bond donors (Lipinski definition) is 1. The van der Waals surface area contributed by atoms with Crippen LogP contribution in [0.4, 0.5) is 10.1 Å². The Balaban J connectivity index is 2.58. The van der Waals surface area contributed by atoms with E-state index in [-0.39, 0.29) is 11.5 Å². The van der Waals surface area contributed by atoms with Gasteiger partial charge in [-0.3, -0.25) is 0 Å². The molecule has 2 heteroatoms. The molecule has 0 aliphatic heterocycles. The molecule has 2 rings (SSSR count). The molecule has 0 unspecified atom stereocenters. The van der Waals surface area contributed by atoms with Gasteiger partial charge in [-0.1, -0.05) is 42.5 Å². The first kappa shape index (κ1) is 8.75. The molecular weight excluding hydrogens is 177 g/mol. The third kappa shape index (κ3) is 1.46. The van der Waals surface area contributed by atoms with Crippen LogP contribution in [0.25, 0.3) is 11.1 Å². The van der Waals surface area contributed by atoms with Crippen molar-refractivity contribution >= 4 is 5.69 Å². The zero-order valence-electron chi connectivity index (χ0n) is 7.57. The number of halogens is 1. The fraction of sp³-hybridized carbons (Fsp3) is 0. The lowest BCUT2D eigenvalue weighted by atomic mass is 10.0. The average Bonchev–Trinajstić information content (AvgIpc) is 2.23. The molecule has 2 N–H and O–H groups in total. The number of nitrogens with two attached hydrogens (primary N) is 1. The second-order valence-electron chi connectivity index (χ2n) is 3.07. The standard InChI is InChI=1S/C12H10FN/c13-12-10(7-4-8-11(12)14)9-5-2-1-3-6-9/h1-8H,14H2. The van der Waals surface area contributed by atoms with E-state index in [1.807, 2.05) is 30.3 Å². The van der Waals surface area contributed by atoms with Gasteiger partial charge in [-0.2, -0.15) is 0 Å². The van der Waals surface area contributed by atoms with E-state index in [4.69, 9.17) is 5.73 Å². The van der Waals surface area contributed by atoms with Crippen molar-refractivity contribution in [3.05, 3.63) is 54.3 Å². The molecular formula is C12H10FN. The molecule has 0 fully saturated rings. The van der Waals surface area contributed by atoms with E-state index in [9.17, 15) is 4.39 Å². The Kier molecular flexibility index (Phi) is 2.19. The highest BCUT2D eigenvalue weighted by Crippen LogP contribution is 2.25. The fourth-order valence-electron chi connectivity index (χ4n) is 1.39. The lowest BCUT2D eigenvalue weighted by Gasteiger charge is -2.04. The molecule has 0 spiro atoms. The predicted molar refractivity (Wildman–Crippen MR) is 56.2 cm³/mol. The molecule has 70 valence electrons. The predicted octanol–water partition coefficient (Wildman–Crippen LogP) is 3.07. The maximum atomic E-state index is 13.6. The molecule has 0 aliphatic carbocycles. The van der Waals surface area contributed by atoms with Crippen LogP contribution in [0.2, 0.25) is 0 Å². The Morgan fingerprint density at radius 3 is 2.29 bits per heavy atom. The Hall–Kier alpha value is -1.83. The van der Waals surface area contributed by atoms with Crippen molar-refractivity contribution in [2.75, 3.05) is 5.73 Å². The van der Waals surface area contributed by atoms with E-state index in [0.29, 0.717) is 5.56 Å². The van der Waals surface area contributed by atoms with E-state index >= 15 is 0 Å². The second-order valence-corrected chi connectivity index (χ2v) is 3.07. The summed E-state index contributed by atoms with van der Waals surface area (Å²) in [5.74, 6) is -0.348. The van der Waals surface area contributed by atoms with Crippen LogP contribution >= 0.6 is 0 Å². The van der Waals surface area contributed by atoms with Crippen molar-refractivity contribution in [3.63, 3.8) is 0 Å². The summed E-state index contributed by atoms with van der Waals surface area (Å²) >= 11 is 0. The van der Waals surface area contributed by atoms with Crippen molar-refractivity contribution in [1.82, 2.24) is 0 Å². The Bertz CT molecular complexity index is 437. The van der Waals surface area contributed by atoms with Gasteiger partial charge in [0.25, 0.3) is 0 Å². The van der Waals surface area contributed by atoms with Crippen molar-refractivity contribution in [2.45, 2.75) is 0 Å². The van der Waals surface area contributed by atoms with Gasteiger partial charge in [0.2, 0.25) is 0 Å². The topological polar surface area (TPSA) is 26.0 Å². The molecule has 0 bridgehead atoms. The maximum Gasteiger partial charge on any atom is 0.153 e. The SMILES string of the molecule is Nc1cccc(-c2ccccc2)c1F. The molecule has 1 nitrogen and oxygen atoms in total. The van der Waals surface area contributed by atoms with Crippen LogP contribution in [0, 0.1) is 5.82 Å². The molecule has 0 saturated heterocycles. The van der Waals surface area contributed by atoms with Gasteiger partial charge in [-0.05, 0) is 11.6 Å². The highest BCUT2D eigenvalue weighted by molar-refractivity contribution is 5.68. The minimum Gasteiger partial charge on any atom is -0.396 e. The van der Waals surface area contributed by atoms with Gasteiger partial charge >= 0.3 is 0 Å². The normalized spacial score (nSPS) is 10.1. The Morgan fingerprint density at radius 2 is 1.57 bits per heavy atom. The molecule has 0 atom stereocenters. The summed E-state index contributed by atoms with van der Waals surface area (Å²) in [4.78, 5) is 0. The highest BCUT2D eigenvalue weighted by Gasteiger charge is 2.06. The summed E-state index contributed by atoms with van der Waals surface area (Å²) in [6, 6.07) is 14.4. The number of nitrogen functional groups attached to an aromatic ring is 1. The van der Waals surface area contributed by atoms with E-state index in [1.165, 1.54) is 0 Å². The minimum atomic E-state index is -0.348. The summed E-state index contributed by atoms with van der Waals surface area (Å²) in [6.07, 6.45) is 0. The zero-order chi connectivity index (χ0) is 9.97. The first-order valence-electron chi connectivity index (χ1n) is 4.38. The third-order valence-electron chi connectivity index (χ3n) is 2.11. The summed E-state index contributed by atoms with van der Waals surface area (Å²) < 4.78 is 13.6. The molecule has 0 amide bonds. The minimum absolute atomic E-state index is 0.186. The van der Waals surface area contributed by atoms with Gasteiger partial charge in [0.15, 0.2) is 5.82 Å². The zero-order valence-corrected chi connectivity index (χ0v) is 7.57. The highest BCUT2D eigenvalue weighted by atomic mass is 19.1. The molecule has 0 heterocycles. The van der Waals surface area contributed by atoms with Crippen molar-refractivity contribution in [2.24, 2.45) is 0 Å². The number of hydrogen-bond acceptors (Lipinski definition) is 1. The summed E-state index contributed by atoms with van der Waals surface area (Å²) in [5, 5.41) is 0. The fourth-order valence-corrected chi connectivity index (χ4v) is 1.39. The van der Waals surface area contributed by atoms with E-state index in [0.717, 1.165) is 5.56 Å². The van der Waals surface area contributed by atoms with Crippen LogP contribution in [0.3, 0.4) is 0 Å². The molecule has 2 aromatic rings. The molecule has 0 aliphatic rings. The van der Waals surface area contributed by atoms with Crippen LogP contribution in [0.15, 0.2) is 48.5 Å². The van der Waals surface area contributed by atoms with Crippen LogP contribution < -0.4 is 5.73 Å². The first-order chi connectivity index (χ1) is 6.79. The van der Waals surface area contributed by atoms with Gasteiger partial charge in [0.05, 0.1) is 5.69 Å². The Labute approximate surface area is 82.0 Å². The monoisotopic (exact) mass is 187 g/mol. The molecule has 14 heavy (non-hydrogen) atoms. The number of benzene rings is 2. The summed E-state index contributed by atoms with van der Waals surface area (Å²) in [7, 11) is 0. The van der Waals surface area contributed by atoms with E-state index in [1.54, 1.807) is 18.2 Å². The van der Waals surface area contributed by atoms with Crippen LogP contribution in [-0.4, -0.2) is 0 Å². The summed E-state index contributed by atoms with van der Waals surface area (Å²) in [5.41, 5.74) is 7.06. The number of anilines is 1. The molecule has 2 aromatic carbocycles. The van der Waals surface area contributed by atoms with Crippen molar-refractivity contribution in [1.29, 1.82) is 0 Å². The smallest absolute Gasteiger partial charge is 0.153 e. The number of rotatable bonds is 1. The van der Waals surface area contributed by atoms with Crippen molar-refractivity contribution < 1.29 is 4.39 Å². The van der Waals surface area contributed by atoms with Gasteiger partial charge in [0.1, 0.15) is 0 Å². The first-order valence-corrected chi connectivity index (χ1v) is 4.38. The van der Waals surface area contributed by atoms with Crippen LogP contribution in [0.5, 0.6) is 0 Å². The van der Waals surface area contributed by atoms with Gasteiger partial charge in [-0.25, -0.2) is 4.39 Å². The Morgan fingerprint density at radius 1 is 0.857 bits per heavy atom. The quantitative estimate of drug-likeness (QED) is 0.682. The van der Waals surface area contributed by atoms with E-state index < -0.39 is 0 Å². The molecule has 0 saturated carbocycles. The lowest BCUT2D eigenvalue weighted by molar-refractivity contribution is 0.636. The van der Waals surface area contributed by atoms with Gasteiger partial charge in [0, 0.05) is 5.56 Å². The third-order valence-corrected chi connectivity index (χ3v) is 2.11. The van der Waals surface area contributed by atoms with Crippen molar-refractivity contribution in [3.8, 4) is 11.1 Å². The second kappa shape index (κ2) is 3.50. The van der Waals surface area contributed by atoms with E-state index in [2.05, 4.69) is 0 Å². The summed E-state index contributed by atoms with van der Waals surface area (Å²) in [6.45, 7) is 0. The van der Waals surface area contributed by atoms with Crippen LogP contribution in [-0.2, 0) is 0 Å². The molecule has 0 aromatic heterocycles. The average molecular weight is 187 g/mol. The molecule has 0 radical (unpaired) electrons.